The van der Waals surface area contributed by atoms with Crippen molar-refractivity contribution < 1.29 is 4.79 Å². The van der Waals surface area contributed by atoms with Crippen LogP contribution in [0.2, 0.25) is 0 Å². The van der Waals surface area contributed by atoms with Crippen molar-refractivity contribution in [3.63, 3.8) is 0 Å². The van der Waals surface area contributed by atoms with Crippen molar-refractivity contribution in [2.24, 2.45) is 0 Å². The minimum atomic E-state index is -0.0319. The van der Waals surface area contributed by atoms with E-state index in [1.807, 2.05) is 49.5 Å². The lowest BCUT2D eigenvalue weighted by Crippen LogP contribution is -2.28. The van der Waals surface area contributed by atoms with Crippen LogP contribution in [0.15, 0.2) is 48.7 Å². The molecule has 0 saturated carbocycles. The molecule has 0 spiro atoms. The topological polar surface area (TPSA) is 36.4 Å². The molecule has 4 heteroatoms. The van der Waals surface area contributed by atoms with E-state index in [0.717, 1.165) is 24.3 Å². The first kappa shape index (κ1) is 16.5. The van der Waals surface area contributed by atoms with Gasteiger partial charge in [0.05, 0.1) is 0 Å². The summed E-state index contributed by atoms with van der Waals surface area (Å²) in [4.78, 5) is 21.1. The number of hydrogen-bond acceptors (Lipinski definition) is 3. The second kappa shape index (κ2) is 7.95. The summed E-state index contributed by atoms with van der Waals surface area (Å²) in [6.07, 6.45) is 6.79. The predicted molar refractivity (Wildman–Crippen MR) is 97.2 cm³/mol. The van der Waals surface area contributed by atoms with E-state index in [1.165, 1.54) is 25.7 Å². The molecule has 1 fully saturated rings. The van der Waals surface area contributed by atoms with Gasteiger partial charge in [0.15, 0.2) is 0 Å². The maximum absolute atomic E-state index is 12.7. The van der Waals surface area contributed by atoms with Gasteiger partial charge in [-0.1, -0.05) is 43.2 Å². The lowest BCUT2D eigenvalue weighted by Gasteiger charge is -2.23. The van der Waals surface area contributed by atoms with Crippen LogP contribution in [0.3, 0.4) is 0 Å². The molecule has 1 saturated heterocycles. The van der Waals surface area contributed by atoms with Crippen molar-refractivity contribution in [1.82, 2.24) is 9.88 Å². The molecule has 0 atom stereocenters. The van der Waals surface area contributed by atoms with Crippen molar-refractivity contribution in [2.75, 3.05) is 25.0 Å². The van der Waals surface area contributed by atoms with Crippen LogP contribution in [0.25, 0.3) is 0 Å². The number of aromatic nitrogens is 1. The molecule has 4 nitrogen and oxygen atoms in total. The summed E-state index contributed by atoms with van der Waals surface area (Å²) >= 11 is 0. The van der Waals surface area contributed by atoms with Gasteiger partial charge >= 0.3 is 0 Å². The summed E-state index contributed by atoms with van der Waals surface area (Å²) in [5.74, 6) is -0.0319. The lowest BCUT2D eigenvalue weighted by molar-refractivity contribution is 0.0779. The number of amides is 1. The molecule has 0 unspecified atom stereocenters. The summed E-state index contributed by atoms with van der Waals surface area (Å²) in [6.45, 7) is 2.73. The summed E-state index contributed by atoms with van der Waals surface area (Å²) in [5.41, 5.74) is 2.76. The van der Waals surface area contributed by atoms with E-state index in [1.54, 1.807) is 11.1 Å². The van der Waals surface area contributed by atoms with Crippen LogP contribution in [0.4, 0.5) is 5.69 Å². The zero-order valence-electron chi connectivity index (χ0n) is 14.3. The summed E-state index contributed by atoms with van der Waals surface area (Å²) < 4.78 is 0. The molecule has 0 N–H and O–H groups in total. The number of benzene rings is 1. The zero-order valence-corrected chi connectivity index (χ0v) is 14.3. The Bertz CT molecular complexity index is 664. The molecular formula is C20H25N3O. The normalized spacial score (nSPS) is 15.0. The van der Waals surface area contributed by atoms with Gasteiger partial charge in [-0.15, -0.1) is 0 Å². The van der Waals surface area contributed by atoms with Crippen molar-refractivity contribution in [2.45, 2.75) is 32.2 Å². The number of rotatable bonds is 4. The highest BCUT2D eigenvalue weighted by molar-refractivity contribution is 5.93. The Hall–Kier alpha value is -2.36. The Morgan fingerprint density at radius 3 is 2.50 bits per heavy atom. The highest BCUT2D eigenvalue weighted by Crippen LogP contribution is 2.20. The largest absolute Gasteiger partial charge is 0.371 e. The molecular weight excluding hydrogens is 298 g/mol. The number of hydrogen-bond donors (Lipinski definition) is 0. The van der Waals surface area contributed by atoms with Crippen LogP contribution in [0.5, 0.6) is 0 Å². The standard InChI is InChI=1S/C20H25N3O/c1-22(16-17-9-5-4-6-10-17)20(24)19-15-18(11-12-21-19)23-13-7-2-3-8-14-23/h4-6,9-12,15H,2-3,7-8,13-14,16H2,1H3. The Morgan fingerprint density at radius 1 is 1.08 bits per heavy atom. The SMILES string of the molecule is CN(Cc1ccccc1)C(=O)c1cc(N2CCCCCC2)ccn1. The van der Waals surface area contributed by atoms with Crippen LogP contribution in [-0.4, -0.2) is 35.9 Å². The number of pyridine rings is 1. The summed E-state index contributed by atoms with van der Waals surface area (Å²) in [7, 11) is 1.83. The fourth-order valence-corrected chi connectivity index (χ4v) is 3.19. The van der Waals surface area contributed by atoms with Gasteiger partial charge in [-0.2, -0.15) is 0 Å². The molecule has 0 radical (unpaired) electrons. The van der Waals surface area contributed by atoms with E-state index >= 15 is 0 Å². The minimum Gasteiger partial charge on any atom is -0.371 e. The Labute approximate surface area is 144 Å². The van der Waals surface area contributed by atoms with Gasteiger partial charge in [0.1, 0.15) is 5.69 Å². The van der Waals surface area contributed by atoms with E-state index in [2.05, 4.69) is 9.88 Å². The Balaban J connectivity index is 1.71. The molecule has 24 heavy (non-hydrogen) atoms. The number of anilines is 1. The molecule has 126 valence electrons. The van der Waals surface area contributed by atoms with Crippen LogP contribution in [0.1, 0.15) is 41.7 Å². The van der Waals surface area contributed by atoms with Crippen molar-refractivity contribution >= 4 is 11.6 Å². The number of carbonyl (C=O) groups is 1. The predicted octanol–water partition coefficient (Wildman–Crippen LogP) is 3.73. The molecule has 1 aromatic carbocycles. The van der Waals surface area contributed by atoms with E-state index < -0.39 is 0 Å². The molecule has 2 aromatic rings. The maximum atomic E-state index is 12.7. The first-order valence-electron chi connectivity index (χ1n) is 8.74. The quantitative estimate of drug-likeness (QED) is 0.860. The van der Waals surface area contributed by atoms with Gasteiger partial charge < -0.3 is 9.80 Å². The third-order valence-corrected chi connectivity index (χ3v) is 4.54. The third kappa shape index (κ3) is 4.13. The molecule has 2 heterocycles. The molecule has 1 aliphatic heterocycles. The van der Waals surface area contributed by atoms with Crippen molar-refractivity contribution in [3.05, 3.63) is 59.9 Å². The Morgan fingerprint density at radius 2 is 1.79 bits per heavy atom. The second-order valence-electron chi connectivity index (χ2n) is 6.45. The fraction of sp³-hybridized carbons (Fsp3) is 0.400. The van der Waals surface area contributed by atoms with Gasteiger partial charge in [0.2, 0.25) is 0 Å². The van der Waals surface area contributed by atoms with Crippen LogP contribution < -0.4 is 4.90 Å². The van der Waals surface area contributed by atoms with Gasteiger partial charge in [-0.3, -0.25) is 9.78 Å². The van der Waals surface area contributed by atoms with E-state index in [-0.39, 0.29) is 5.91 Å². The summed E-state index contributed by atoms with van der Waals surface area (Å²) in [5, 5.41) is 0. The summed E-state index contributed by atoms with van der Waals surface area (Å²) in [6, 6.07) is 14.0. The van der Waals surface area contributed by atoms with Crippen LogP contribution in [-0.2, 0) is 6.54 Å². The van der Waals surface area contributed by atoms with Gasteiger partial charge in [-0.25, -0.2) is 0 Å². The van der Waals surface area contributed by atoms with Gasteiger partial charge in [-0.05, 0) is 30.5 Å². The van der Waals surface area contributed by atoms with Gasteiger partial charge in [0, 0.05) is 38.6 Å². The lowest BCUT2D eigenvalue weighted by atomic mass is 10.2. The number of carbonyl (C=O) groups excluding carboxylic acids is 1. The van der Waals surface area contributed by atoms with Gasteiger partial charge in [0.25, 0.3) is 5.91 Å². The van der Waals surface area contributed by atoms with Crippen LogP contribution in [0, 0.1) is 0 Å². The van der Waals surface area contributed by atoms with E-state index in [4.69, 9.17) is 0 Å². The third-order valence-electron chi connectivity index (χ3n) is 4.54. The first-order valence-corrected chi connectivity index (χ1v) is 8.74. The minimum absolute atomic E-state index is 0.0319. The fourth-order valence-electron chi connectivity index (χ4n) is 3.19. The monoisotopic (exact) mass is 323 g/mol. The first-order chi connectivity index (χ1) is 11.7. The second-order valence-corrected chi connectivity index (χ2v) is 6.45. The number of nitrogens with zero attached hydrogens (tertiary/aromatic N) is 3. The molecule has 0 aliphatic carbocycles. The average molecular weight is 323 g/mol. The molecule has 0 bridgehead atoms. The molecule has 1 aliphatic rings. The van der Waals surface area contributed by atoms with Crippen LogP contribution >= 0.6 is 0 Å². The van der Waals surface area contributed by atoms with E-state index in [0.29, 0.717) is 12.2 Å². The highest BCUT2D eigenvalue weighted by Gasteiger charge is 2.16. The van der Waals surface area contributed by atoms with Crippen molar-refractivity contribution in [1.29, 1.82) is 0 Å². The average Bonchev–Trinajstić information content (AvgIpc) is 2.91. The highest BCUT2D eigenvalue weighted by atomic mass is 16.2. The maximum Gasteiger partial charge on any atom is 0.272 e. The molecule has 1 aromatic heterocycles. The molecule has 1 amide bonds. The van der Waals surface area contributed by atoms with Crippen molar-refractivity contribution in [3.8, 4) is 0 Å². The Kier molecular flexibility index (Phi) is 5.47. The molecule has 3 rings (SSSR count). The zero-order chi connectivity index (χ0) is 16.8. The smallest absolute Gasteiger partial charge is 0.272 e. The van der Waals surface area contributed by atoms with E-state index in [9.17, 15) is 4.79 Å².